The maximum Gasteiger partial charge on any atom is 0.408 e. The number of benzene rings is 2. The number of carbonyl (C=O) groups excluding carboxylic acids is 4. The zero-order valence-corrected chi connectivity index (χ0v) is 27.6. The normalized spacial score (nSPS) is 12.2. The molecule has 3 aromatic rings. The van der Waals surface area contributed by atoms with Crippen LogP contribution in [0.15, 0.2) is 61.1 Å². The van der Waals surface area contributed by atoms with E-state index in [-0.39, 0.29) is 30.5 Å². The largest absolute Gasteiger partial charge is 0.444 e. The van der Waals surface area contributed by atoms with Crippen molar-refractivity contribution in [2.45, 2.75) is 71.6 Å². The SMILES string of the molecule is CN(C)C(=O)c1cc(F)ccc1Cn1cnc(NC(=O)[C@@H](CCCc2ccccc2)CNC(=O)C(C)(C)NC(=O)OC(C)(C)C)c1. The minimum atomic E-state index is -1.29. The second-order valence-corrected chi connectivity index (χ2v) is 13.0. The van der Waals surface area contributed by atoms with Crippen LogP contribution in [0.5, 0.6) is 0 Å². The highest BCUT2D eigenvalue weighted by Gasteiger charge is 2.32. The second kappa shape index (κ2) is 15.5. The number of aromatic nitrogens is 2. The Kier molecular flexibility index (Phi) is 12.0. The van der Waals surface area contributed by atoms with E-state index in [9.17, 15) is 23.6 Å². The van der Waals surface area contributed by atoms with E-state index in [0.29, 0.717) is 24.2 Å². The molecular weight excluding hydrogens is 591 g/mol. The van der Waals surface area contributed by atoms with Crippen LogP contribution in [0.3, 0.4) is 0 Å². The molecule has 0 bridgehead atoms. The highest BCUT2D eigenvalue weighted by atomic mass is 19.1. The van der Waals surface area contributed by atoms with Gasteiger partial charge in [-0.2, -0.15) is 0 Å². The summed E-state index contributed by atoms with van der Waals surface area (Å²) in [5.41, 5.74) is -0.0438. The molecule has 11 nitrogen and oxygen atoms in total. The molecule has 0 saturated heterocycles. The quantitative estimate of drug-likeness (QED) is 0.248. The third kappa shape index (κ3) is 11.0. The average molecular weight is 637 g/mol. The number of imidazole rings is 1. The molecule has 0 spiro atoms. The van der Waals surface area contributed by atoms with Gasteiger partial charge < -0.3 is 30.2 Å². The fourth-order valence-electron chi connectivity index (χ4n) is 4.64. The number of nitrogens with zero attached hydrogens (tertiary/aromatic N) is 3. The van der Waals surface area contributed by atoms with Gasteiger partial charge in [-0.05, 0) is 77.1 Å². The molecule has 3 N–H and O–H groups in total. The minimum absolute atomic E-state index is 0.0329. The number of aryl methyl sites for hydroxylation is 1. The number of amides is 4. The summed E-state index contributed by atoms with van der Waals surface area (Å²) in [5, 5.41) is 8.23. The third-order valence-corrected chi connectivity index (χ3v) is 7.07. The van der Waals surface area contributed by atoms with Crippen molar-refractivity contribution in [2.24, 2.45) is 5.92 Å². The zero-order valence-electron chi connectivity index (χ0n) is 27.6. The first kappa shape index (κ1) is 35.7. The molecule has 248 valence electrons. The number of ether oxygens (including phenoxy) is 1. The van der Waals surface area contributed by atoms with Crippen molar-refractivity contribution in [1.82, 2.24) is 25.1 Å². The Bertz CT molecular complexity index is 1510. The van der Waals surface area contributed by atoms with Gasteiger partial charge in [0.2, 0.25) is 11.8 Å². The zero-order chi connectivity index (χ0) is 34.1. The van der Waals surface area contributed by atoms with Gasteiger partial charge in [-0.25, -0.2) is 14.2 Å². The number of nitrogens with one attached hydrogen (secondary N) is 3. The van der Waals surface area contributed by atoms with Crippen LogP contribution in [-0.2, 0) is 27.3 Å². The molecule has 1 aromatic heterocycles. The molecule has 0 aliphatic carbocycles. The van der Waals surface area contributed by atoms with Crippen molar-refractivity contribution < 1.29 is 28.3 Å². The summed E-state index contributed by atoms with van der Waals surface area (Å²) in [5.74, 6) is -1.95. The Hall–Kier alpha value is -4.74. The van der Waals surface area contributed by atoms with E-state index in [1.54, 1.807) is 65.5 Å². The van der Waals surface area contributed by atoms with Gasteiger partial charge in [-0.3, -0.25) is 14.4 Å². The molecule has 0 radical (unpaired) electrons. The van der Waals surface area contributed by atoms with E-state index in [1.165, 1.54) is 23.4 Å². The van der Waals surface area contributed by atoms with Crippen LogP contribution in [0, 0.1) is 11.7 Å². The molecule has 0 unspecified atom stereocenters. The number of carbonyl (C=O) groups is 4. The van der Waals surface area contributed by atoms with Gasteiger partial charge in [0.25, 0.3) is 5.91 Å². The van der Waals surface area contributed by atoms with E-state index in [0.717, 1.165) is 12.0 Å². The molecule has 0 saturated carbocycles. The van der Waals surface area contributed by atoms with Crippen LogP contribution in [0.4, 0.5) is 15.0 Å². The summed E-state index contributed by atoms with van der Waals surface area (Å²) in [6, 6.07) is 14.0. The van der Waals surface area contributed by atoms with Crippen LogP contribution in [0.25, 0.3) is 0 Å². The Morgan fingerprint density at radius 1 is 1.02 bits per heavy atom. The number of hydrogen-bond acceptors (Lipinski definition) is 6. The van der Waals surface area contributed by atoms with Gasteiger partial charge in [0.1, 0.15) is 17.0 Å². The molecule has 46 heavy (non-hydrogen) atoms. The van der Waals surface area contributed by atoms with Crippen molar-refractivity contribution in [3.8, 4) is 0 Å². The Morgan fingerprint density at radius 3 is 2.37 bits per heavy atom. The molecule has 0 aliphatic heterocycles. The fraction of sp³-hybridized carbons (Fsp3) is 0.441. The van der Waals surface area contributed by atoms with Gasteiger partial charge in [0.05, 0.1) is 12.2 Å². The topological polar surface area (TPSA) is 135 Å². The Balaban J connectivity index is 1.69. The molecule has 3 rings (SSSR count). The van der Waals surface area contributed by atoms with Crippen LogP contribution in [0.1, 0.15) is 68.9 Å². The molecule has 1 heterocycles. The lowest BCUT2D eigenvalue weighted by Gasteiger charge is -2.28. The van der Waals surface area contributed by atoms with Crippen molar-refractivity contribution in [3.63, 3.8) is 0 Å². The lowest BCUT2D eigenvalue weighted by atomic mass is 9.97. The molecule has 0 fully saturated rings. The number of anilines is 1. The average Bonchev–Trinajstić information content (AvgIpc) is 3.40. The predicted octanol–water partition coefficient (Wildman–Crippen LogP) is 4.77. The maximum absolute atomic E-state index is 13.9. The Morgan fingerprint density at radius 2 is 1.72 bits per heavy atom. The summed E-state index contributed by atoms with van der Waals surface area (Å²) in [7, 11) is 3.19. The second-order valence-electron chi connectivity index (χ2n) is 13.0. The van der Waals surface area contributed by atoms with Crippen LogP contribution in [-0.4, -0.2) is 70.0 Å². The highest BCUT2D eigenvalue weighted by molar-refractivity contribution is 5.95. The van der Waals surface area contributed by atoms with E-state index in [1.807, 2.05) is 30.3 Å². The van der Waals surface area contributed by atoms with Gasteiger partial charge in [0.15, 0.2) is 5.82 Å². The standard InChI is InChI=1S/C34H45FN6O5/c1-33(2,3)46-32(45)39-34(4,5)31(44)36-19-24(15-11-14-23-12-9-8-10-13-23)29(42)38-28-21-41(22-37-28)20-25-16-17-26(35)18-27(25)30(43)40(6)7/h8-10,12-13,16-18,21-22,24H,11,14-15,19-20H2,1-7H3,(H,36,44)(H,38,42)(H,39,45)/t24-/m0/s1. The number of rotatable bonds is 13. The van der Waals surface area contributed by atoms with Gasteiger partial charge in [0, 0.05) is 38.9 Å². The van der Waals surface area contributed by atoms with Crippen molar-refractivity contribution >= 4 is 29.6 Å². The molecule has 12 heteroatoms. The number of halogens is 1. The van der Waals surface area contributed by atoms with Crippen molar-refractivity contribution in [1.29, 1.82) is 0 Å². The van der Waals surface area contributed by atoms with E-state index in [4.69, 9.17) is 4.74 Å². The number of alkyl carbamates (subject to hydrolysis) is 1. The van der Waals surface area contributed by atoms with Crippen molar-refractivity contribution in [3.05, 3.63) is 83.6 Å². The lowest BCUT2D eigenvalue weighted by molar-refractivity contribution is -0.127. The van der Waals surface area contributed by atoms with E-state index >= 15 is 0 Å². The summed E-state index contributed by atoms with van der Waals surface area (Å²) >= 11 is 0. The molecule has 1 atom stereocenters. The summed E-state index contributed by atoms with van der Waals surface area (Å²) in [6.45, 7) is 8.57. The molecular formula is C34H45FN6O5. The van der Waals surface area contributed by atoms with Crippen molar-refractivity contribution in [2.75, 3.05) is 26.0 Å². The summed E-state index contributed by atoms with van der Waals surface area (Å²) < 4.78 is 20.9. The lowest BCUT2D eigenvalue weighted by Crippen LogP contribution is -2.56. The Labute approximate surface area is 269 Å². The first-order valence-corrected chi connectivity index (χ1v) is 15.2. The molecule has 0 aliphatic rings. The third-order valence-electron chi connectivity index (χ3n) is 7.07. The number of hydrogen-bond donors (Lipinski definition) is 3. The van der Waals surface area contributed by atoms with Gasteiger partial charge in [-0.1, -0.05) is 36.4 Å². The summed E-state index contributed by atoms with van der Waals surface area (Å²) in [4.78, 5) is 57.1. The minimum Gasteiger partial charge on any atom is -0.444 e. The maximum atomic E-state index is 13.9. The molecule has 2 aromatic carbocycles. The monoisotopic (exact) mass is 636 g/mol. The van der Waals surface area contributed by atoms with E-state index in [2.05, 4.69) is 20.9 Å². The first-order chi connectivity index (χ1) is 21.5. The van der Waals surface area contributed by atoms with Crippen LogP contribution < -0.4 is 16.0 Å². The molecule has 4 amide bonds. The van der Waals surface area contributed by atoms with Gasteiger partial charge >= 0.3 is 6.09 Å². The fourth-order valence-corrected chi connectivity index (χ4v) is 4.64. The smallest absolute Gasteiger partial charge is 0.408 e. The van der Waals surface area contributed by atoms with Crippen LogP contribution in [0.2, 0.25) is 0 Å². The van der Waals surface area contributed by atoms with Crippen LogP contribution >= 0.6 is 0 Å². The highest BCUT2D eigenvalue weighted by Crippen LogP contribution is 2.18. The van der Waals surface area contributed by atoms with Gasteiger partial charge in [-0.15, -0.1) is 0 Å². The van der Waals surface area contributed by atoms with E-state index < -0.39 is 34.9 Å². The predicted molar refractivity (Wildman–Crippen MR) is 174 cm³/mol. The summed E-state index contributed by atoms with van der Waals surface area (Å²) in [6.07, 6.45) is 4.34. The first-order valence-electron chi connectivity index (χ1n) is 15.2.